The molecule has 26 heavy (non-hydrogen) atoms. The second kappa shape index (κ2) is 6.34. The summed E-state index contributed by atoms with van der Waals surface area (Å²) < 4.78 is 2.28. The summed E-state index contributed by atoms with van der Waals surface area (Å²) in [6.45, 7) is 6.53. The summed E-state index contributed by atoms with van der Waals surface area (Å²) in [6, 6.07) is 17.2. The van der Waals surface area contributed by atoms with Crippen molar-refractivity contribution in [3.8, 4) is 22.5 Å². The Balaban J connectivity index is 2.11. The van der Waals surface area contributed by atoms with Gasteiger partial charge >= 0.3 is 0 Å². The molecule has 0 saturated heterocycles. The summed E-state index contributed by atoms with van der Waals surface area (Å²) in [5.41, 5.74) is 9.64. The Kier molecular flexibility index (Phi) is 4.00. The van der Waals surface area contributed by atoms with Crippen LogP contribution in [0.25, 0.3) is 33.4 Å². The quantitative estimate of drug-likeness (QED) is 0.495. The van der Waals surface area contributed by atoms with E-state index < -0.39 is 0 Å². The lowest BCUT2D eigenvalue weighted by molar-refractivity contribution is -0.633. The fourth-order valence-electron chi connectivity index (χ4n) is 3.66. The van der Waals surface area contributed by atoms with Crippen molar-refractivity contribution in [3.05, 3.63) is 77.7 Å². The van der Waals surface area contributed by atoms with Gasteiger partial charge < -0.3 is 0 Å². The van der Waals surface area contributed by atoms with Crippen molar-refractivity contribution in [3.63, 3.8) is 0 Å². The van der Waals surface area contributed by atoms with Crippen LogP contribution in [0.3, 0.4) is 0 Å². The third-order valence-electron chi connectivity index (χ3n) is 5.14. The van der Waals surface area contributed by atoms with Crippen molar-refractivity contribution in [1.82, 2.24) is 9.97 Å². The van der Waals surface area contributed by atoms with Crippen LogP contribution in [0.15, 0.2) is 61.1 Å². The first-order valence-corrected chi connectivity index (χ1v) is 8.82. The maximum atomic E-state index is 4.50. The molecular weight excluding hydrogens is 318 g/mol. The Bertz CT molecular complexity index is 1120. The van der Waals surface area contributed by atoms with Gasteiger partial charge in [-0.3, -0.25) is 0 Å². The standard InChI is InChI=1S/C23H22N3/c1-15-11-16(2)17(3)19(12-15)23-13-20(21-9-10-24-14-25-21)18-7-5-6-8-22(18)26(23)4/h5-14H,1-4H3/q+1. The summed E-state index contributed by atoms with van der Waals surface area (Å²) in [4.78, 5) is 8.57. The zero-order valence-electron chi connectivity index (χ0n) is 15.6. The third kappa shape index (κ3) is 2.66. The van der Waals surface area contributed by atoms with E-state index in [1.807, 2.05) is 6.07 Å². The number of pyridine rings is 1. The number of aromatic nitrogens is 3. The lowest BCUT2D eigenvalue weighted by Crippen LogP contribution is -2.32. The fourth-order valence-corrected chi connectivity index (χ4v) is 3.66. The van der Waals surface area contributed by atoms with Crippen LogP contribution in [0, 0.1) is 20.8 Å². The fraction of sp³-hybridized carbons (Fsp3) is 0.174. The van der Waals surface area contributed by atoms with Crippen LogP contribution in [-0.4, -0.2) is 9.97 Å². The molecule has 0 fully saturated rings. The molecule has 0 radical (unpaired) electrons. The zero-order valence-corrected chi connectivity index (χ0v) is 15.6. The Morgan fingerprint density at radius 1 is 0.885 bits per heavy atom. The Morgan fingerprint density at radius 3 is 2.46 bits per heavy atom. The summed E-state index contributed by atoms with van der Waals surface area (Å²) in [5, 5.41) is 1.19. The molecule has 0 atom stereocenters. The summed E-state index contributed by atoms with van der Waals surface area (Å²) in [5.74, 6) is 0. The SMILES string of the molecule is Cc1cc(C)c(C)c(-c2cc(-c3ccncn3)c3ccccc3[n+]2C)c1. The van der Waals surface area contributed by atoms with Gasteiger partial charge in [0.15, 0.2) is 0 Å². The van der Waals surface area contributed by atoms with E-state index in [1.54, 1.807) is 12.5 Å². The van der Waals surface area contributed by atoms with E-state index in [4.69, 9.17) is 0 Å². The van der Waals surface area contributed by atoms with Gasteiger partial charge in [-0.25, -0.2) is 9.97 Å². The third-order valence-corrected chi connectivity index (χ3v) is 5.14. The number of para-hydroxylation sites is 1. The topological polar surface area (TPSA) is 29.7 Å². The highest BCUT2D eigenvalue weighted by atomic mass is 14.9. The molecule has 2 heterocycles. The summed E-state index contributed by atoms with van der Waals surface area (Å²) >= 11 is 0. The van der Waals surface area contributed by atoms with Gasteiger partial charge in [-0.05, 0) is 50.1 Å². The smallest absolute Gasteiger partial charge is 0.213 e. The largest absolute Gasteiger partial charge is 0.245 e. The molecule has 4 aromatic rings. The lowest BCUT2D eigenvalue weighted by Gasteiger charge is -2.13. The Morgan fingerprint density at radius 2 is 1.69 bits per heavy atom. The van der Waals surface area contributed by atoms with Gasteiger partial charge in [0, 0.05) is 29.5 Å². The van der Waals surface area contributed by atoms with Crippen LogP contribution in [0.5, 0.6) is 0 Å². The van der Waals surface area contributed by atoms with E-state index in [0.717, 1.165) is 11.3 Å². The molecule has 0 spiro atoms. The molecule has 3 heteroatoms. The second-order valence-corrected chi connectivity index (χ2v) is 6.87. The molecule has 128 valence electrons. The predicted octanol–water partition coefficient (Wildman–Crippen LogP) is 4.71. The normalized spacial score (nSPS) is 11.1. The summed E-state index contributed by atoms with van der Waals surface area (Å²) in [6.07, 6.45) is 3.41. The molecule has 0 aliphatic rings. The van der Waals surface area contributed by atoms with Crippen LogP contribution in [0.4, 0.5) is 0 Å². The lowest BCUT2D eigenvalue weighted by atomic mass is 9.95. The molecule has 0 aliphatic carbocycles. The van der Waals surface area contributed by atoms with Crippen LogP contribution >= 0.6 is 0 Å². The second-order valence-electron chi connectivity index (χ2n) is 6.87. The number of fused-ring (bicyclic) bond motifs is 1. The maximum absolute atomic E-state index is 4.50. The van der Waals surface area contributed by atoms with E-state index >= 15 is 0 Å². The van der Waals surface area contributed by atoms with Gasteiger partial charge in [0.05, 0.1) is 11.1 Å². The monoisotopic (exact) mass is 340 g/mol. The summed E-state index contributed by atoms with van der Waals surface area (Å²) in [7, 11) is 2.14. The average Bonchev–Trinajstić information content (AvgIpc) is 2.66. The molecule has 0 unspecified atom stereocenters. The van der Waals surface area contributed by atoms with Gasteiger partial charge in [-0.2, -0.15) is 4.57 Å². The first-order chi connectivity index (χ1) is 12.6. The minimum Gasteiger partial charge on any atom is -0.245 e. The molecule has 2 aromatic heterocycles. The minimum atomic E-state index is 0.945. The van der Waals surface area contributed by atoms with Crippen molar-refractivity contribution in [2.75, 3.05) is 0 Å². The molecule has 2 aromatic carbocycles. The number of hydrogen-bond donors (Lipinski definition) is 0. The molecule has 0 amide bonds. The van der Waals surface area contributed by atoms with Crippen molar-refractivity contribution in [2.24, 2.45) is 7.05 Å². The molecule has 0 aliphatic heterocycles. The van der Waals surface area contributed by atoms with Gasteiger partial charge in [-0.1, -0.05) is 23.8 Å². The number of hydrogen-bond acceptors (Lipinski definition) is 2. The first kappa shape index (κ1) is 16.4. The molecule has 0 saturated carbocycles. The van der Waals surface area contributed by atoms with Crippen LogP contribution in [-0.2, 0) is 7.05 Å². The average molecular weight is 340 g/mol. The number of aryl methyl sites for hydroxylation is 3. The van der Waals surface area contributed by atoms with Crippen LogP contribution in [0.1, 0.15) is 16.7 Å². The van der Waals surface area contributed by atoms with E-state index in [2.05, 4.69) is 84.8 Å². The molecular formula is C23H22N3+. The van der Waals surface area contributed by atoms with Crippen molar-refractivity contribution in [1.29, 1.82) is 0 Å². The van der Waals surface area contributed by atoms with E-state index in [9.17, 15) is 0 Å². The van der Waals surface area contributed by atoms with Gasteiger partial charge in [-0.15, -0.1) is 0 Å². The van der Waals surface area contributed by atoms with Gasteiger partial charge in [0.25, 0.3) is 0 Å². The molecule has 0 bridgehead atoms. The van der Waals surface area contributed by atoms with Crippen LogP contribution < -0.4 is 4.57 Å². The van der Waals surface area contributed by atoms with Gasteiger partial charge in [0.1, 0.15) is 13.4 Å². The number of rotatable bonds is 2. The van der Waals surface area contributed by atoms with Crippen molar-refractivity contribution < 1.29 is 4.57 Å². The van der Waals surface area contributed by atoms with Crippen molar-refractivity contribution >= 4 is 10.9 Å². The van der Waals surface area contributed by atoms with E-state index in [-0.39, 0.29) is 0 Å². The molecule has 3 nitrogen and oxygen atoms in total. The predicted molar refractivity (Wildman–Crippen MR) is 106 cm³/mol. The Hall–Kier alpha value is -3.07. The molecule has 0 N–H and O–H groups in total. The highest BCUT2D eigenvalue weighted by molar-refractivity contribution is 5.93. The van der Waals surface area contributed by atoms with Crippen LogP contribution in [0.2, 0.25) is 0 Å². The highest BCUT2D eigenvalue weighted by Crippen LogP contribution is 2.32. The Labute approximate surface area is 154 Å². The van der Waals surface area contributed by atoms with E-state index in [0.29, 0.717) is 0 Å². The first-order valence-electron chi connectivity index (χ1n) is 8.82. The zero-order chi connectivity index (χ0) is 18.3. The van der Waals surface area contributed by atoms with Gasteiger partial charge in [0.2, 0.25) is 11.2 Å². The molecule has 4 rings (SSSR count). The minimum absolute atomic E-state index is 0.945. The number of nitrogens with zero attached hydrogens (tertiary/aromatic N) is 3. The van der Waals surface area contributed by atoms with E-state index in [1.165, 1.54) is 38.9 Å². The number of benzene rings is 2. The highest BCUT2D eigenvalue weighted by Gasteiger charge is 2.21. The maximum Gasteiger partial charge on any atom is 0.213 e. The van der Waals surface area contributed by atoms with Crippen molar-refractivity contribution in [2.45, 2.75) is 20.8 Å².